The number of aromatic nitrogens is 2. The van der Waals surface area contributed by atoms with Crippen molar-refractivity contribution in [3.05, 3.63) is 58.0 Å². The quantitative estimate of drug-likeness (QED) is 0.714. The van der Waals surface area contributed by atoms with Crippen molar-refractivity contribution in [1.82, 2.24) is 9.78 Å². The van der Waals surface area contributed by atoms with Gasteiger partial charge in [0.15, 0.2) is 0 Å². The Labute approximate surface area is 85.6 Å². The molecule has 1 aromatic heterocycles. The molecular formula is C10H7ClN2O. The number of rotatable bonds is 1. The number of hydrogen-bond acceptors (Lipinski definition) is 2. The molecule has 0 fully saturated rings. The van der Waals surface area contributed by atoms with E-state index >= 15 is 0 Å². The smallest absolute Gasteiger partial charge is 0.267 e. The summed E-state index contributed by atoms with van der Waals surface area (Å²) in [4.78, 5) is 11.5. The minimum absolute atomic E-state index is 0.233. The van der Waals surface area contributed by atoms with Crippen molar-refractivity contribution in [2.45, 2.75) is 0 Å². The summed E-state index contributed by atoms with van der Waals surface area (Å²) in [6.07, 6.45) is 1.44. The standard InChI is InChI=1S/C10H7ClN2O/c11-8-6-10(14)13(12-7-8)9-4-2-1-3-5-9/h1-7H. The van der Waals surface area contributed by atoms with Gasteiger partial charge in [-0.15, -0.1) is 0 Å². The third-order valence-electron chi connectivity index (χ3n) is 1.77. The van der Waals surface area contributed by atoms with Crippen LogP contribution in [0.15, 0.2) is 47.4 Å². The normalized spacial score (nSPS) is 10.1. The summed E-state index contributed by atoms with van der Waals surface area (Å²) in [6, 6.07) is 10.5. The first-order valence-electron chi connectivity index (χ1n) is 4.08. The van der Waals surface area contributed by atoms with E-state index in [1.807, 2.05) is 30.3 Å². The Bertz CT molecular complexity index is 493. The monoisotopic (exact) mass is 206 g/mol. The maximum absolute atomic E-state index is 11.5. The second kappa shape index (κ2) is 3.64. The predicted molar refractivity (Wildman–Crippen MR) is 54.8 cm³/mol. The maximum atomic E-state index is 11.5. The van der Waals surface area contributed by atoms with Crippen LogP contribution in [0, 0.1) is 0 Å². The molecular weight excluding hydrogens is 200 g/mol. The highest BCUT2D eigenvalue weighted by Gasteiger charge is 1.99. The number of hydrogen-bond donors (Lipinski definition) is 0. The van der Waals surface area contributed by atoms with E-state index in [2.05, 4.69) is 5.10 Å². The molecule has 2 aromatic rings. The van der Waals surface area contributed by atoms with E-state index in [4.69, 9.17) is 11.6 Å². The van der Waals surface area contributed by atoms with Crippen LogP contribution >= 0.6 is 11.6 Å². The molecule has 0 atom stereocenters. The molecule has 0 spiro atoms. The predicted octanol–water partition coefficient (Wildman–Crippen LogP) is 1.89. The molecule has 4 heteroatoms. The van der Waals surface area contributed by atoms with Gasteiger partial charge in [0.1, 0.15) is 0 Å². The van der Waals surface area contributed by atoms with Crippen LogP contribution in [0.5, 0.6) is 0 Å². The highest BCUT2D eigenvalue weighted by atomic mass is 35.5. The molecule has 0 aliphatic rings. The third-order valence-corrected chi connectivity index (χ3v) is 1.97. The van der Waals surface area contributed by atoms with Gasteiger partial charge in [0, 0.05) is 6.07 Å². The molecule has 0 aliphatic carbocycles. The average molecular weight is 207 g/mol. The highest BCUT2D eigenvalue weighted by molar-refractivity contribution is 6.30. The Kier molecular flexibility index (Phi) is 2.33. The molecule has 0 saturated carbocycles. The lowest BCUT2D eigenvalue weighted by Crippen LogP contribution is -2.19. The number of benzene rings is 1. The lowest BCUT2D eigenvalue weighted by Gasteiger charge is -2.02. The van der Waals surface area contributed by atoms with E-state index in [0.717, 1.165) is 5.69 Å². The van der Waals surface area contributed by atoms with Gasteiger partial charge < -0.3 is 0 Å². The number of para-hydroxylation sites is 1. The van der Waals surface area contributed by atoms with Gasteiger partial charge in [-0.25, -0.2) is 0 Å². The Morgan fingerprint density at radius 1 is 1.21 bits per heavy atom. The average Bonchev–Trinajstić information content (AvgIpc) is 2.19. The molecule has 0 aliphatic heterocycles. The summed E-state index contributed by atoms with van der Waals surface area (Å²) < 4.78 is 1.30. The summed E-state index contributed by atoms with van der Waals surface area (Å²) in [5.41, 5.74) is 0.498. The molecule has 1 aromatic carbocycles. The van der Waals surface area contributed by atoms with Crippen molar-refractivity contribution in [3.8, 4) is 5.69 Å². The van der Waals surface area contributed by atoms with Crippen LogP contribution in [0.4, 0.5) is 0 Å². The van der Waals surface area contributed by atoms with Crippen molar-refractivity contribution in [3.63, 3.8) is 0 Å². The van der Waals surface area contributed by atoms with Gasteiger partial charge in [0.25, 0.3) is 5.56 Å². The zero-order chi connectivity index (χ0) is 9.97. The molecule has 3 nitrogen and oxygen atoms in total. The van der Waals surface area contributed by atoms with Crippen LogP contribution in [0.1, 0.15) is 0 Å². The molecule has 2 rings (SSSR count). The molecule has 14 heavy (non-hydrogen) atoms. The molecule has 0 saturated heterocycles. The molecule has 70 valence electrons. The van der Waals surface area contributed by atoms with Crippen LogP contribution in [0.3, 0.4) is 0 Å². The Morgan fingerprint density at radius 2 is 1.93 bits per heavy atom. The molecule has 0 unspecified atom stereocenters. The molecule has 0 bridgehead atoms. The minimum atomic E-state index is -0.233. The maximum Gasteiger partial charge on any atom is 0.272 e. The van der Waals surface area contributed by atoms with Crippen molar-refractivity contribution in [2.24, 2.45) is 0 Å². The first kappa shape index (κ1) is 8.97. The van der Waals surface area contributed by atoms with Crippen LogP contribution in [0.2, 0.25) is 5.02 Å². The molecule has 0 amide bonds. The largest absolute Gasteiger partial charge is 0.272 e. The fourth-order valence-corrected chi connectivity index (χ4v) is 1.29. The van der Waals surface area contributed by atoms with E-state index in [0.29, 0.717) is 5.02 Å². The second-order valence-corrected chi connectivity index (χ2v) is 3.20. The SMILES string of the molecule is O=c1cc(Cl)cnn1-c1ccccc1. The summed E-state index contributed by atoms with van der Waals surface area (Å²) >= 11 is 5.63. The van der Waals surface area contributed by atoms with Crippen LogP contribution in [-0.4, -0.2) is 9.78 Å². The van der Waals surface area contributed by atoms with Crippen LogP contribution in [0.25, 0.3) is 5.69 Å². The summed E-state index contributed by atoms with van der Waals surface area (Å²) in [5, 5.41) is 4.27. The Balaban J connectivity index is 2.59. The fraction of sp³-hybridized carbons (Fsp3) is 0. The molecule has 0 N–H and O–H groups in total. The van der Waals surface area contributed by atoms with Gasteiger partial charge in [0.05, 0.1) is 16.9 Å². The Morgan fingerprint density at radius 3 is 2.57 bits per heavy atom. The first-order valence-corrected chi connectivity index (χ1v) is 4.45. The number of nitrogens with zero attached hydrogens (tertiary/aromatic N) is 2. The molecule has 0 radical (unpaired) electrons. The fourth-order valence-electron chi connectivity index (χ4n) is 1.15. The van der Waals surface area contributed by atoms with Crippen molar-refractivity contribution >= 4 is 11.6 Å². The highest BCUT2D eigenvalue weighted by Crippen LogP contribution is 2.04. The van der Waals surface area contributed by atoms with Gasteiger partial charge in [-0.3, -0.25) is 4.79 Å². The van der Waals surface area contributed by atoms with E-state index < -0.39 is 0 Å². The third kappa shape index (κ3) is 1.67. The van der Waals surface area contributed by atoms with Crippen molar-refractivity contribution in [2.75, 3.05) is 0 Å². The minimum Gasteiger partial charge on any atom is -0.267 e. The van der Waals surface area contributed by atoms with Gasteiger partial charge >= 0.3 is 0 Å². The van der Waals surface area contributed by atoms with E-state index in [1.54, 1.807) is 0 Å². The lowest BCUT2D eigenvalue weighted by atomic mass is 10.3. The van der Waals surface area contributed by atoms with E-state index in [1.165, 1.54) is 16.9 Å². The lowest BCUT2D eigenvalue weighted by molar-refractivity contribution is 0.807. The van der Waals surface area contributed by atoms with E-state index in [9.17, 15) is 4.79 Å². The zero-order valence-corrected chi connectivity index (χ0v) is 7.98. The van der Waals surface area contributed by atoms with Gasteiger partial charge in [-0.1, -0.05) is 29.8 Å². The van der Waals surface area contributed by atoms with Crippen LogP contribution < -0.4 is 5.56 Å². The Hall–Kier alpha value is -1.61. The summed E-state index contributed by atoms with van der Waals surface area (Å²) in [7, 11) is 0. The number of halogens is 1. The molecule has 1 heterocycles. The topological polar surface area (TPSA) is 34.9 Å². The van der Waals surface area contributed by atoms with Crippen molar-refractivity contribution < 1.29 is 0 Å². The summed E-state index contributed by atoms with van der Waals surface area (Å²) in [5.74, 6) is 0. The van der Waals surface area contributed by atoms with Gasteiger partial charge in [-0.2, -0.15) is 9.78 Å². The second-order valence-electron chi connectivity index (χ2n) is 2.76. The van der Waals surface area contributed by atoms with Crippen LogP contribution in [-0.2, 0) is 0 Å². The van der Waals surface area contributed by atoms with Crippen molar-refractivity contribution in [1.29, 1.82) is 0 Å². The zero-order valence-electron chi connectivity index (χ0n) is 7.22. The summed E-state index contributed by atoms with van der Waals surface area (Å²) in [6.45, 7) is 0. The van der Waals surface area contributed by atoms with E-state index in [-0.39, 0.29) is 5.56 Å². The first-order chi connectivity index (χ1) is 6.77. The van der Waals surface area contributed by atoms with Gasteiger partial charge in [-0.05, 0) is 12.1 Å². The van der Waals surface area contributed by atoms with Gasteiger partial charge in [0.2, 0.25) is 0 Å².